The first-order chi connectivity index (χ1) is 9.78. The van der Waals surface area contributed by atoms with E-state index in [0.29, 0.717) is 0 Å². The molecule has 0 aliphatic heterocycles. The molecule has 20 heavy (non-hydrogen) atoms. The number of aromatic nitrogens is 1. The van der Waals surface area contributed by atoms with Crippen LogP contribution in [-0.4, -0.2) is 7.11 Å². The van der Waals surface area contributed by atoms with Crippen LogP contribution in [0.2, 0.25) is 0 Å². The molecule has 1 aromatic heterocycles. The van der Waals surface area contributed by atoms with Crippen LogP contribution in [-0.2, 0) is 7.05 Å². The van der Waals surface area contributed by atoms with E-state index >= 15 is 0 Å². The first-order valence-corrected chi connectivity index (χ1v) is 7.29. The molecule has 0 atom stereocenters. The smallest absolute Gasteiger partial charge is 0.262 e. The first kappa shape index (κ1) is 12.9. The Bertz CT molecular complexity index is 756. The van der Waals surface area contributed by atoms with E-state index < -0.39 is 0 Å². The standard InChI is InChI=1S/C17H16NOS/c1-18-15-5-3-4-6-16(15)20-17(18)12-9-13-7-10-14(19-2)11-8-13/h3-12H,1-2H3/q+1/b12-9+. The summed E-state index contributed by atoms with van der Waals surface area (Å²) in [4.78, 5) is 0. The van der Waals surface area contributed by atoms with E-state index in [1.165, 1.54) is 20.8 Å². The molecule has 0 unspecified atom stereocenters. The summed E-state index contributed by atoms with van der Waals surface area (Å²) in [5.41, 5.74) is 2.44. The number of ether oxygens (including phenoxy) is 1. The van der Waals surface area contributed by atoms with Gasteiger partial charge < -0.3 is 4.74 Å². The number of hydrogen-bond acceptors (Lipinski definition) is 2. The molecule has 1 heterocycles. The molecule has 0 bridgehead atoms. The molecular formula is C17H16NOS+. The molecule has 0 amide bonds. The molecule has 100 valence electrons. The summed E-state index contributed by atoms with van der Waals surface area (Å²) in [7, 11) is 3.79. The molecule has 2 nitrogen and oxygen atoms in total. The first-order valence-electron chi connectivity index (χ1n) is 6.47. The number of benzene rings is 2. The predicted octanol–water partition coefficient (Wildman–Crippen LogP) is 3.90. The number of hydrogen-bond donors (Lipinski definition) is 0. The van der Waals surface area contributed by atoms with Crippen LogP contribution in [0.4, 0.5) is 0 Å². The molecular weight excluding hydrogens is 266 g/mol. The highest BCUT2D eigenvalue weighted by Crippen LogP contribution is 2.21. The molecule has 0 saturated carbocycles. The maximum absolute atomic E-state index is 5.16. The lowest BCUT2D eigenvalue weighted by molar-refractivity contribution is -0.642. The zero-order valence-electron chi connectivity index (χ0n) is 11.5. The van der Waals surface area contributed by atoms with Gasteiger partial charge in [0, 0.05) is 12.1 Å². The van der Waals surface area contributed by atoms with Gasteiger partial charge >= 0.3 is 0 Å². The number of fused-ring (bicyclic) bond motifs is 1. The molecule has 0 fully saturated rings. The van der Waals surface area contributed by atoms with E-state index in [0.717, 1.165) is 5.75 Å². The second-order valence-corrected chi connectivity index (χ2v) is 5.64. The number of thiazole rings is 1. The largest absolute Gasteiger partial charge is 0.497 e. The summed E-state index contributed by atoms with van der Waals surface area (Å²) in [6, 6.07) is 16.5. The van der Waals surface area contributed by atoms with E-state index in [4.69, 9.17) is 4.74 Å². The van der Waals surface area contributed by atoms with Gasteiger partial charge in [0.05, 0.1) is 7.11 Å². The molecule has 0 spiro atoms. The molecule has 0 aliphatic rings. The quantitative estimate of drug-likeness (QED) is 0.664. The highest BCUT2D eigenvalue weighted by Gasteiger charge is 2.12. The van der Waals surface area contributed by atoms with Gasteiger partial charge in [-0.3, -0.25) is 0 Å². The summed E-state index contributed by atoms with van der Waals surface area (Å²) in [6.07, 6.45) is 4.29. The van der Waals surface area contributed by atoms with Crippen LogP contribution in [0.15, 0.2) is 48.5 Å². The minimum atomic E-state index is 0.884. The van der Waals surface area contributed by atoms with Crippen molar-refractivity contribution in [3.05, 3.63) is 59.1 Å². The second-order valence-electron chi connectivity index (χ2n) is 4.57. The van der Waals surface area contributed by atoms with Crippen LogP contribution in [0.5, 0.6) is 5.75 Å². The van der Waals surface area contributed by atoms with Gasteiger partial charge in [-0.25, -0.2) is 0 Å². The SMILES string of the molecule is COc1ccc(/C=C/c2sc3ccccc3[n+]2C)cc1. The normalized spacial score (nSPS) is 11.3. The van der Waals surface area contributed by atoms with Crippen LogP contribution < -0.4 is 9.30 Å². The van der Waals surface area contributed by atoms with Crippen molar-refractivity contribution in [2.45, 2.75) is 0 Å². The van der Waals surface area contributed by atoms with E-state index in [-0.39, 0.29) is 0 Å². The maximum atomic E-state index is 5.16. The fourth-order valence-electron chi connectivity index (χ4n) is 2.15. The molecule has 0 radical (unpaired) electrons. The lowest BCUT2D eigenvalue weighted by Crippen LogP contribution is -2.28. The average molecular weight is 282 g/mol. The van der Waals surface area contributed by atoms with E-state index in [1.807, 2.05) is 12.1 Å². The van der Waals surface area contributed by atoms with Gasteiger partial charge in [-0.1, -0.05) is 35.6 Å². The van der Waals surface area contributed by atoms with Crippen molar-refractivity contribution in [1.82, 2.24) is 0 Å². The van der Waals surface area contributed by atoms with Crippen molar-refractivity contribution in [1.29, 1.82) is 0 Å². The van der Waals surface area contributed by atoms with Crippen molar-refractivity contribution in [3.8, 4) is 5.75 Å². The Balaban J connectivity index is 1.91. The molecule has 0 aliphatic carbocycles. The number of methoxy groups -OCH3 is 1. The van der Waals surface area contributed by atoms with Gasteiger partial charge in [-0.05, 0) is 29.8 Å². The van der Waals surface area contributed by atoms with Crippen molar-refractivity contribution in [2.24, 2.45) is 7.05 Å². The third kappa shape index (κ3) is 2.45. The Hall–Kier alpha value is -2.13. The van der Waals surface area contributed by atoms with Crippen molar-refractivity contribution >= 4 is 33.7 Å². The number of para-hydroxylation sites is 1. The topological polar surface area (TPSA) is 13.1 Å². The molecule has 3 rings (SSSR count). The summed E-state index contributed by atoms with van der Waals surface area (Å²) in [5, 5.41) is 1.24. The van der Waals surface area contributed by atoms with Crippen molar-refractivity contribution in [3.63, 3.8) is 0 Å². The minimum Gasteiger partial charge on any atom is -0.497 e. The van der Waals surface area contributed by atoms with Gasteiger partial charge in [0.2, 0.25) is 5.52 Å². The fraction of sp³-hybridized carbons (Fsp3) is 0.118. The maximum Gasteiger partial charge on any atom is 0.262 e. The van der Waals surface area contributed by atoms with Crippen LogP contribution in [0.25, 0.3) is 22.4 Å². The van der Waals surface area contributed by atoms with Crippen LogP contribution >= 0.6 is 11.3 Å². The highest BCUT2D eigenvalue weighted by atomic mass is 32.1. The minimum absolute atomic E-state index is 0.884. The zero-order chi connectivity index (χ0) is 13.9. The van der Waals surface area contributed by atoms with Crippen LogP contribution in [0.1, 0.15) is 10.6 Å². The Morgan fingerprint density at radius 1 is 1.00 bits per heavy atom. The molecule has 0 saturated heterocycles. The third-order valence-corrected chi connectivity index (χ3v) is 4.49. The van der Waals surface area contributed by atoms with E-state index in [2.05, 4.69) is 60.2 Å². The molecule has 3 aromatic rings. The second kappa shape index (κ2) is 5.47. The van der Waals surface area contributed by atoms with Gasteiger partial charge in [0.15, 0.2) is 0 Å². The monoisotopic (exact) mass is 282 g/mol. The van der Waals surface area contributed by atoms with Crippen molar-refractivity contribution in [2.75, 3.05) is 7.11 Å². The summed E-state index contributed by atoms with van der Waals surface area (Å²) >= 11 is 1.80. The molecule has 0 N–H and O–H groups in total. The van der Waals surface area contributed by atoms with E-state index in [1.54, 1.807) is 18.4 Å². The van der Waals surface area contributed by atoms with Gasteiger partial charge in [0.25, 0.3) is 5.01 Å². The lowest BCUT2D eigenvalue weighted by Gasteiger charge is -1.98. The summed E-state index contributed by atoms with van der Waals surface area (Å²) in [5.74, 6) is 0.884. The number of aryl methyl sites for hydroxylation is 1. The lowest BCUT2D eigenvalue weighted by atomic mass is 10.2. The van der Waals surface area contributed by atoms with Gasteiger partial charge in [-0.2, -0.15) is 4.57 Å². The molecule has 3 heteroatoms. The Labute approximate surface area is 122 Å². The van der Waals surface area contributed by atoms with Crippen LogP contribution in [0, 0.1) is 0 Å². The summed E-state index contributed by atoms with van der Waals surface area (Å²) < 4.78 is 8.70. The zero-order valence-corrected chi connectivity index (χ0v) is 12.4. The van der Waals surface area contributed by atoms with Crippen LogP contribution in [0.3, 0.4) is 0 Å². The highest BCUT2D eigenvalue weighted by molar-refractivity contribution is 7.18. The van der Waals surface area contributed by atoms with Crippen molar-refractivity contribution < 1.29 is 9.30 Å². The Morgan fingerprint density at radius 3 is 2.45 bits per heavy atom. The van der Waals surface area contributed by atoms with Gasteiger partial charge in [0.1, 0.15) is 17.5 Å². The molecule has 2 aromatic carbocycles. The van der Waals surface area contributed by atoms with E-state index in [9.17, 15) is 0 Å². The number of nitrogens with zero attached hydrogens (tertiary/aromatic N) is 1. The third-order valence-electron chi connectivity index (χ3n) is 3.31. The average Bonchev–Trinajstić information content (AvgIpc) is 2.83. The van der Waals surface area contributed by atoms with Gasteiger partial charge in [-0.15, -0.1) is 0 Å². The fourth-order valence-corrected chi connectivity index (χ4v) is 3.20. The predicted molar refractivity (Wildman–Crippen MR) is 84.9 cm³/mol. The number of rotatable bonds is 3. The summed E-state index contributed by atoms with van der Waals surface area (Å²) in [6.45, 7) is 0. The Morgan fingerprint density at radius 2 is 1.75 bits per heavy atom. The Kier molecular flexibility index (Phi) is 3.52.